The molecule has 194 valence electrons. The lowest BCUT2D eigenvalue weighted by molar-refractivity contribution is -0.144. The predicted molar refractivity (Wildman–Crippen MR) is 135 cm³/mol. The molecule has 2 aliphatic rings. The summed E-state index contributed by atoms with van der Waals surface area (Å²) >= 11 is 0. The second-order valence-electron chi connectivity index (χ2n) is 10.2. The largest absolute Gasteiger partial charge is 0.507 e. The van der Waals surface area contributed by atoms with E-state index >= 15 is 0 Å². The molecule has 2 unspecified atom stereocenters. The van der Waals surface area contributed by atoms with Crippen LogP contribution in [0.4, 0.5) is 0 Å². The van der Waals surface area contributed by atoms with E-state index in [1.807, 2.05) is 13.8 Å². The van der Waals surface area contributed by atoms with Crippen molar-refractivity contribution in [3.05, 3.63) is 47.1 Å². The number of phenolic OH excluding ortho intramolecular Hbond substituents is 1. The van der Waals surface area contributed by atoms with Crippen LogP contribution in [0.15, 0.2) is 35.9 Å². The SMILES string of the molecule is C=C(C)[C@@H]1CCC(C)=C[C@H]1c1c(O)cc(CCC)cc1OC(=O)C(OP(=O)(O)OC(C)C)C1CC1. The Labute approximate surface area is 208 Å². The molecule has 8 heteroatoms. The number of allylic oxidation sites excluding steroid dienone is 3. The number of esters is 1. The van der Waals surface area contributed by atoms with Crippen LogP contribution < -0.4 is 4.74 Å². The van der Waals surface area contributed by atoms with E-state index in [1.165, 1.54) is 5.57 Å². The van der Waals surface area contributed by atoms with Gasteiger partial charge in [-0.25, -0.2) is 9.36 Å². The first kappa shape index (κ1) is 27.7. The third-order valence-electron chi connectivity index (χ3n) is 6.52. The number of hydrogen-bond acceptors (Lipinski definition) is 6. The molecule has 3 rings (SSSR count). The number of carbonyl (C=O) groups excluding carboxylic acids is 1. The summed E-state index contributed by atoms with van der Waals surface area (Å²) in [7, 11) is -4.45. The molecule has 0 saturated heterocycles. The number of hydrogen-bond donors (Lipinski definition) is 2. The minimum absolute atomic E-state index is 0.0702. The normalized spacial score (nSPS) is 22.9. The second kappa shape index (κ2) is 11.4. The molecule has 0 spiro atoms. The summed E-state index contributed by atoms with van der Waals surface area (Å²) in [6.45, 7) is 13.5. The van der Waals surface area contributed by atoms with E-state index in [0.717, 1.165) is 30.4 Å². The fourth-order valence-electron chi connectivity index (χ4n) is 4.75. The number of phenols is 1. The molecular weight excluding hydrogens is 467 g/mol. The van der Waals surface area contributed by atoms with Gasteiger partial charge in [0, 0.05) is 11.5 Å². The Morgan fingerprint density at radius 2 is 1.91 bits per heavy atom. The van der Waals surface area contributed by atoms with Crippen LogP contribution in [0.1, 0.15) is 83.8 Å². The zero-order valence-corrected chi connectivity index (χ0v) is 22.3. The van der Waals surface area contributed by atoms with Crippen LogP contribution in [0, 0.1) is 11.8 Å². The van der Waals surface area contributed by atoms with Crippen LogP contribution in [0.5, 0.6) is 11.5 Å². The van der Waals surface area contributed by atoms with Crippen molar-refractivity contribution in [1.82, 2.24) is 0 Å². The van der Waals surface area contributed by atoms with Gasteiger partial charge in [0.15, 0.2) is 6.10 Å². The fourth-order valence-corrected chi connectivity index (χ4v) is 5.88. The van der Waals surface area contributed by atoms with E-state index in [4.69, 9.17) is 13.8 Å². The molecule has 2 aliphatic carbocycles. The highest BCUT2D eigenvalue weighted by Gasteiger charge is 2.44. The van der Waals surface area contributed by atoms with Crippen molar-refractivity contribution in [1.29, 1.82) is 0 Å². The smallest absolute Gasteiger partial charge is 0.473 e. The molecule has 1 aromatic carbocycles. The zero-order chi connectivity index (χ0) is 25.9. The number of carbonyl (C=O) groups is 1. The summed E-state index contributed by atoms with van der Waals surface area (Å²) in [6, 6.07) is 3.52. The number of rotatable bonds is 11. The average molecular weight is 507 g/mol. The number of aryl methyl sites for hydroxylation is 1. The molecule has 0 bridgehead atoms. The van der Waals surface area contributed by atoms with Crippen molar-refractivity contribution < 1.29 is 33.1 Å². The van der Waals surface area contributed by atoms with Crippen molar-refractivity contribution in [3.63, 3.8) is 0 Å². The fraction of sp³-hybridized carbons (Fsp3) is 0.593. The maximum atomic E-state index is 13.3. The molecule has 1 aromatic rings. The molecule has 4 atom stereocenters. The van der Waals surface area contributed by atoms with Gasteiger partial charge in [-0.3, -0.25) is 9.05 Å². The summed E-state index contributed by atoms with van der Waals surface area (Å²) < 4.78 is 28.6. The minimum atomic E-state index is -4.45. The first-order valence-corrected chi connectivity index (χ1v) is 14.0. The van der Waals surface area contributed by atoms with E-state index in [9.17, 15) is 19.4 Å². The highest BCUT2D eigenvalue weighted by atomic mass is 31.2. The molecule has 0 heterocycles. The summed E-state index contributed by atoms with van der Waals surface area (Å²) in [5.41, 5.74) is 3.58. The summed E-state index contributed by atoms with van der Waals surface area (Å²) in [4.78, 5) is 23.4. The molecule has 0 radical (unpaired) electrons. The Balaban J connectivity index is 1.99. The molecule has 1 fully saturated rings. The maximum absolute atomic E-state index is 13.3. The van der Waals surface area contributed by atoms with Gasteiger partial charge < -0.3 is 14.7 Å². The third-order valence-corrected chi connectivity index (χ3v) is 7.70. The summed E-state index contributed by atoms with van der Waals surface area (Å²) in [5.74, 6) is -0.755. The molecular formula is C27H39O7P. The predicted octanol–water partition coefficient (Wildman–Crippen LogP) is 6.59. The van der Waals surface area contributed by atoms with Crippen LogP contribution in [0.25, 0.3) is 0 Å². The van der Waals surface area contributed by atoms with Crippen molar-refractivity contribution in [2.45, 2.75) is 91.3 Å². The van der Waals surface area contributed by atoms with Crippen LogP contribution in [-0.2, 0) is 24.8 Å². The van der Waals surface area contributed by atoms with Gasteiger partial charge >= 0.3 is 13.8 Å². The van der Waals surface area contributed by atoms with Crippen molar-refractivity contribution in [2.75, 3.05) is 0 Å². The van der Waals surface area contributed by atoms with Gasteiger partial charge in [0.1, 0.15) is 11.5 Å². The Bertz CT molecular complexity index is 1020. The number of phosphoric acid groups is 1. The van der Waals surface area contributed by atoms with Crippen LogP contribution in [0.3, 0.4) is 0 Å². The van der Waals surface area contributed by atoms with Crippen LogP contribution in [0.2, 0.25) is 0 Å². The molecule has 0 amide bonds. The standard InChI is InChI=1S/C27H39O7P/c1-7-8-19-14-23(28)25(22-13-18(6)9-12-21(22)16(2)3)24(15-19)32-27(29)26(20-10-11-20)34-35(30,31)33-17(4)5/h13-15,17,20-22,26,28H,2,7-12H2,1,3-6H3,(H,30,31)/t21-,22+,26?/m0/s1. The second-order valence-corrected chi connectivity index (χ2v) is 11.6. The molecule has 0 aliphatic heterocycles. The summed E-state index contributed by atoms with van der Waals surface area (Å²) in [5, 5.41) is 11.1. The van der Waals surface area contributed by atoms with Gasteiger partial charge in [-0.2, -0.15) is 0 Å². The van der Waals surface area contributed by atoms with Crippen molar-refractivity contribution >= 4 is 13.8 Å². The van der Waals surface area contributed by atoms with Gasteiger partial charge in [0.05, 0.1) is 6.10 Å². The van der Waals surface area contributed by atoms with E-state index < -0.39 is 26.0 Å². The van der Waals surface area contributed by atoms with E-state index in [0.29, 0.717) is 24.8 Å². The van der Waals surface area contributed by atoms with Gasteiger partial charge in [0.25, 0.3) is 0 Å². The van der Waals surface area contributed by atoms with E-state index in [1.54, 1.807) is 26.0 Å². The van der Waals surface area contributed by atoms with E-state index in [2.05, 4.69) is 19.6 Å². The van der Waals surface area contributed by atoms with Gasteiger partial charge in [-0.1, -0.05) is 37.1 Å². The topological polar surface area (TPSA) is 102 Å². The molecule has 35 heavy (non-hydrogen) atoms. The Kier molecular flexibility index (Phi) is 9.03. The summed E-state index contributed by atoms with van der Waals surface area (Å²) in [6.07, 6.45) is 5.12. The maximum Gasteiger partial charge on any atom is 0.473 e. The number of benzene rings is 1. The highest BCUT2D eigenvalue weighted by Crippen LogP contribution is 2.51. The molecule has 7 nitrogen and oxygen atoms in total. The Morgan fingerprint density at radius 3 is 2.49 bits per heavy atom. The third kappa shape index (κ3) is 7.29. The molecule has 1 saturated carbocycles. The quantitative estimate of drug-likeness (QED) is 0.151. The lowest BCUT2D eigenvalue weighted by atomic mass is 9.73. The van der Waals surface area contributed by atoms with Crippen molar-refractivity contribution in [3.8, 4) is 11.5 Å². The first-order chi connectivity index (χ1) is 16.4. The molecule has 2 N–H and O–H groups in total. The number of ether oxygens (including phenoxy) is 1. The number of phosphoric ester groups is 1. The Morgan fingerprint density at radius 1 is 1.23 bits per heavy atom. The Hall–Kier alpha value is -1.92. The van der Waals surface area contributed by atoms with E-state index in [-0.39, 0.29) is 29.3 Å². The zero-order valence-electron chi connectivity index (χ0n) is 21.5. The van der Waals surface area contributed by atoms with Crippen LogP contribution >= 0.6 is 7.82 Å². The lowest BCUT2D eigenvalue weighted by Gasteiger charge is -2.32. The van der Waals surface area contributed by atoms with Gasteiger partial charge in [0.2, 0.25) is 0 Å². The monoisotopic (exact) mass is 506 g/mol. The van der Waals surface area contributed by atoms with Gasteiger partial charge in [-0.15, -0.1) is 0 Å². The van der Waals surface area contributed by atoms with Crippen LogP contribution in [-0.4, -0.2) is 28.2 Å². The lowest BCUT2D eigenvalue weighted by Crippen LogP contribution is -2.31. The van der Waals surface area contributed by atoms with Crippen molar-refractivity contribution in [2.24, 2.45) is 11.8 Å². The van der Waals surface area contributed by atoms with Gasteiger partial charge in [-0.05, 0) is 89.3 Å². The first-order valence-electron chi connectivity index (χ1n) is 12.5. The average Bonchev–Trinajstić information content (AvgIpc) is 3.56. The molecule has 0 aromatic heterocycles. The number of aromatic hydroxyl groups is 1. The minimum Gasteiger partial charge on any atom is -0.507 e. The highest BCUT2D eigenvalue weighted by molar-refractivity contribution is 7.47.